The van der Waals surface area contributed by atoms with Gasteiger partial charge in [0.15, 0.2) is 28.9 Å². The Bertz CT molecular complexity index is 5060. The molecule has 0 aromatic heterocycles. The van der Waals surface area contributed by atoms with Crippen molar-refractivity contribution in [3.8, 4) is 0 Å². The van der Waals surface area contributed by atoms with Crippen molar-refractivity contribution in [3.63, 3.8) is 0 Å². The summed E-state index contributed by atoms with van der Waals surface area (Å²) in [4.78, 5) is 67.1. The molecule has 5 spiro atoms. The van der Waals surface area contributed by atoms with E-state index in [4.69, 9.17) is 23.7 Å². The lowest BCUT2D eigenvalue weighted by Gasteiger charge is -2.43. The zero-order valence-electron chi connectivity index (χ0n) is 69.9. The van der Waals surface area contributed by atoms with Crippen LogP contribution >= 0.6 is 0 Å². The molecule has 0 bridgehead atoms. The quantitative estimate of drug-likeness (QED) is 0.0568. The van der Waals surface area contributed by atoms with Crippen molar-refractivity contribution in [3.05, 3.63) is 162 Å². The van der Waals surface area contributed by atoms with Crippen molar-refractivity contribution in [2.24, 2.45) is 5.92 Å². The number of carbonyl (C=O) groups excluding carboxylic acids is 5. The highest BCUT2D eigenvalue weighted by atomic mass is 32.2. The van der Waals surface area contributed by atoms with Gasteiger partial charge in [0.2, 0.25) is 50.1 Å². The summed E-state index contributed by atoms with van der Waals surface area (Å²) in [5.41, 5.74) is -1.07. The van der Waals surface area contributed by atoms with Gasteiger partial charge in [-0.3, -0.25) is 28.9 Å². The lowest BCUT2D eigenvalue weighted by Crippen LogP contribution is -2.55. The highest BCUT2D eigenvalue weighted by Gasteiger charge is 2.56. The Kier molecular flexibility index (Phi) is 29.6. The standard InChI is InChI=1S/C19H26N2O4S.C18H24N2O4S.C17H24N2O4S.C16H22N2O4S.C15H20N2O4S/c1-15(22)17-4-6-18(7-5-17)26(23,24)21-12-13-25-19(21)8-10-20(11-9-19)14-16-2-3-16;1-3-10-19-11-8-18(9-12-19)20(13-14-24-18)25(22,23)17-6-4-16(5-7-17)15(2)21;1-3-18-10-8-17(9-11-18)19(12-13-23-17)24(21,22)16-6-4-15(5-7-16)14(2)20;1-13(19)14-3-5-15(6-4-14)23(20,21)18-11-12-22-16(18)7-9-17(2)10-8-16;1-12(18)13-2-4-14(5-3-13)22(19,20)17-10-11-21-15(17)6-8-16-9-7-15/h4-7,16H,2-3,8-14H2,1H3;3-7H,1,8-14H2,2H3;4-7H,3,8-13H2,1-2H3;3-6H,7-12H2,1-2H3;2-5,16H,6-11H2,1H3. The van der Waals surface area contributed by atoms with Crippen LogP contribution in [0, 0.1) is 5.92 Å². The highest BCUT2D eigenvalue weighted by molar-refractivity contribution is 7.90. The van der Waals surface area contributed by atoms with Crippen LogP contribution in [0.4, 0.5) is 0 Å². The van der Waals surface area contributed by atoms with Crippen LogP contribution in [-0.4, -0.2) is 299 Å². The zero-order chi connectivity index (χ0) is 86.3. The highest BCUT2D eigenvalue weighted by Crippen LogP contribution is 2.44. The van der Waals surface area contributed by atoms with E-state index in [0.717, 1.165) is 91.0 Å². The third kappa shape index (κ3) is 20.3. The van der Waals surface area contributed by atoms with E-state index < -0.39 is 78.7 Å². The Morgan fingerprint density at radius 1 is 0.350 bits per heavy atom. The first-order chi connectivity index (χ1) is 57.0. The maximum Gasteiger partial charge on any atom is 0.245 e. The first-order valence-electron chi connectivity index (χ1n) is 41.6. The molecular weight excluding hydrogens is 1640 g/mol. The minimum atomic E-state index is -3.66. The van der Waals surface area contributed by atoms with Crippen molar-refractivity contribution in [1.82, 2.24) is 46.4 Å². The Labute approximate surface area is 708 Å². The maximum atomic E-state index is 13.2. The van der Waals surface area contributed by atoms with E-state index in [1.165, 1.54) is 125 Å². The Balaban J connectivity index is 0.000000138. The third-order valence-electron chi connectivity index (χ3n) is 25.0. The van der Waals surface area contributed by atoms with Gasteiger partial charge in [-0.05, 0) is 141 Å². The SMILES string of the molecule is C=CCN1CCC2(CC1)OCCN2S(=O)(=O)c1ccc(C(C)=O)cc1.CC(=O)c1ccc(S(=O)(=O)N2CCOC23CCN(C)CC3)cc1.CC(=O)c1ccc(S(=O)(=O)N2CCOC23CCN(CC2CC2)CC3)cc1.CC(=O)c1ccc(S(=O)(=O)N2CCOC23CCNCC3)cc1.CCN1CCC2(CC1)OCCN2S(=O)(=O)c1ccc(C(C)=O)cc1. The van der Waals surface area contributed by atoms with E-state index in [0.29, 0.717) is 158 Å². The fraction of sp³-hybridized carbons (Fsp3) is 0.565. The van der Waals surface area contributed by atoms with Crippen LogP contribution in [0.15, 0.2) is 158 Å². The number of nitrogens with one attached hydrogen (secondary N) is 1. The number of hydrogen-bond acceptors (Lipinski definition) is 25. The predicted octanol–water partition coefficient (Wildman–Crippen LogP) is 8.04. The van der Waals surface area contributed by atoms with Crippen LogP contribution < -0.4 is 5.32 Å². The smallest absolute Gasteiger partial charge is 0.245 e. The second-order valence-corrected chi connectivity index (χ2v) is 41.9. The molecule has 10 aliphatic heterocycles. The Morgan fingerprint density at radius 3 is 0.800 bits per heavy atom. The summed E-state index contributed by atoms with van der Waals surface area (Å²) >= 11 is 0. The Morgan fingerprint density at radius 2 is 0.575 bits per heavy atom. The molecule has 16 rings (SSSR count). The van der Waals surface area contributed by atoms with Gasteiger partial charge in [0, 0.05) is 190 Å². The third-order valence-corrected chi connectivity index (χ3v) is 34.8. The molecule has 120 heavy (non-hydrogen) atoms. The molecule has 0 atom stereocenters. The van der Waals surface area contributed by atoms with E-state index in [1.807, 2.05) is 13.1 Å². The van der Waals surface area contributed by atoms with Gasteiger partial charge in [0.25, 0.3) is 0 Å². The number of ketones is 5. The molecule has 10 saturated heterocycles. The number of rotatable bonds is 20. The molecule has 0 amide bonds. The maximum absolute atomic E-state index is 13.2. The van der Waals surface area contributed by atoms with Crippen LogP contribution in [0.5, 0.6) is 0 Å². The summed E-state index contributed by atoms with van der Waals surface area (Å²) in [5.74, 6) is 0.450. The van der Waals surface area contributed by atoms with Crippen molar-refractivity contribution in [2.75, 3.05) is 158 Å². The lowest BCUT2D eigenvalue weighted by atomic mass is 10.0. The van der Waals surface area contributed by atoms with Crippen molar-refractivity contribution >= 4 is 79.0 Å². The average Bonchev–Trinajstić information content (AvgIpc) is 1.57. The van der Waals surface area contributed by atoms with Gasteiger partial charge in [0.05, 0.1) is 57.5 Å². The topological polar surface area (TPSA) is 343 Å². The van der Waals surface area contributed by atoms with Crippen LogP contribution in [-0.2, 0) is 73.8 Å². The zero-order valence-corrected chi connectivity index (χ0v) is 74.0. The van der Waals surface area contributed by atoms with Crippen LogP contribution in [0.25, 0.3) is 0 Å². The van der Waals surface area contributed by atoms with Gasteiger partial charge in [-0.25, -0.2) is 42.1 Å². The molecule has 35 heteroatoms. The first kappa shape index (κ1) is 92.5. The molecule has 1 saturated carbocycles. The summed E-state index contributed by atoms with van der Waals surface area (Å²) in [6.07, 6.45) is 11.3. The van der Waals surface area contributed by atoms with Gasteiger partial charge in [-0.1, -0.05) is 73.7 Å². The van der Waals surface area contributed by atoms with Crippen LogP contribution in [0.1, 0.15) is 170 Å². The fourth-order valence-electron chi connectivity index (χ4n) is 17.6. The minimum absolute atomic E-state index is 0.0713. The van der Waals surface area contributed by atoms with Crippen molar-refractivity contribution in [1.29, 1.82) is 0 Å². The van der Waals surface area contributed by atoms with Gasteiger partial charge in [-0.15, -0.1) is 6.58 Å². The van der Waals surface area contributed by atoms with Crippen LogP contribution in [0.3, 0.4) is 0 Å². The minimum Gasteiger partial charge on any atom is -0.358 e. The largest absolute Gasteiger partial charge is 0.358 e. The molecule has 0 unspecified atom stereocenters. The summed E-state index contributed by atoms with van der Waals surface area (Å²) in [6, 6.07) is 30.8. The molecule has 656 valence electrons. The average molecular weight is 1760 g/mol. The summed E-state index contributed by atoms with van der Waals surface area (Å²) in [7, 11) is -16.2. The number of hydrogen-bond donors (Lipinski definition) is 1. The number of benzene rings is 5. The van der Waals surface area contributed by atoms with E-state index in [2.05, 4.69) is 38.4 Å². The Hall–Kier alpha value is -6.66. The van der Waals surface area contributed by atoms with Gasteiger partial charge < -0.3 is 43.7 Å². The normalized spacial score (nSPS) is 22.5. The van der Waals surface area contributed by atoms with Crippen molar-refractivity contribution in [2.45, 2.75) is 172 Å². The summed E-state index contributed by atoms with van der Waals surface area (Å²) in [5, 5.41) is 3.23. The van der Waals surface area contributed by atoms with E-state index in [9.17, 15) is 66.1 Å². The molecule has 5 aromatic rings. The number of sulfonamides is 5. The molecule has 5 aromatic carbocycles. The van der Waals surface area contributed by atoms with E-state index >= 15 is 0 Å². The van der Waals surface area contributed by atoms with Crippen molar-refractivity contribution < 1.29 is 89.7 Å². The molecule has 10 heterocycles. The van der Waals surface area contributed by atoms with Crippen LogP contribution in [0.2, 0.25) is 0 Å². The number of carbonyl (C=O) groups is 5. The second-order valence-electron chi connectivity index (χ2n) is 32.6. The first-order valence-corrected chi connectivity index (χ1v) is 48.8. The number of ether oxygens (including phenoxy) is 5. The summed E-state index contributed by atoms with van der Waals surface area (Å²) in [6.45, 7) is 28.2. The molecule has 1 N–H and O–H groups in total. The van der Waals surface area contributed by atoms with Gasteiger partial charge >= 0.3 is 0 Å². The van der Waals surface area contributed by atoms with E-state index in [1.54, 1.807) is 65.0 Å². The number of Topliss-reactive ketones (excluding diaryl/α,β-unsaturated/α-hetero) is 5. The molecule has 11 aliphatic rings. The van der Waals surface area contributed by atoms with Gasteiger partial charge in [0.1, 0.15) is 28.6 Å². The second kappa shape index (κ2) is 38.4. The fourth-order valence-corrected chi connectivity index (χ4v) is 26.2. The van der Waals surface area contributed by atoms with Gasteiger partial charge in [-0.2, -0.15) is 21.5 Å². The number of piperidine rings is 5. The van der Waals surface area contributed by atoms with E-state index in [-0.39, 0.29) is 53.4 Å². The number of likely N-dealkylation sites (tertiary alicyclic amines) is 4. The molecular formula is C85H116N10O20S5. The molecule has 0 radical (unpaired) electrons. The summed E-state index contributed by atoms with van der Waals surface area (Å²) < 4.78 is 168. The monoisotopic (exact) mass is 1760 g/mol. The number of nitrogens with zero attached hydrogens (tertiary/aromatic N) is 9. The molecule has 30 nitrogen and oxygen atoms in total. The molecule has 11 fully saturated rings. The lowest BCUT2D eigenvalue weighted by molar-refractivity contribution is -0.0911. The predicted molar refractivity (Wildman–Crippen MR) is 450 cm³/mol. The molecule has 1 aliphatic carbocycles.